The fourth-order valence-corrected chi connectivity index (χ4v) is 6.73. The first-order valence-corrected chi connectivity index (χ1v) is 13.7. The minimum atomic E-state index is -3.75. The van der Waals surface area contributed by atoms with Gasteiger partial charge in [-0.1, -0.05) is 19.3 Å². The third-order valence-electron chi connectivity index (χ3n) is 6.83. The lowest BCUT2D eigenvalue weighted by molar-refractivity contribution is 0.0496. The molecule has 1 saturated carbocycles. The molecule has 4 rings (SSSR count). The molecule has 2 fully saturated rings. The predicted octanol–water partition coefficient (Wildman–Crippen LogP) is 4.85. The Balaban J connectivity index is 1.62. The van der Waals surface area contributed by atoms with Gasteiger partial charge < -0.3 is 9.47 Å². The quantitative estimate of drug-likeness (QED) is 0.545. The lowest BCUT2D eigenvalue weighted by Gasteiger charge is -2.35. The number of hydrogen-bond acceptors (Lipinski definition) is 5. The van der Waals surface area contributed by atoms with E-state index in [1.54, 1.807) is 21.1 Å². The molecule has 1 aromatic heterocycles. The molecule has 0 N–H and O–H groups in total. The van der Waals surface area contributed by atoms with Crippen LogP contribution in [0.25, 0.3) is 0 Å². The highest BCUT2D eigenvalue weighted by atomic mass is 32.2. The average molecular weight is 476 g/mol. The minimum Gasteiger partial charge on any atom is -0.493 e. The summed E-state index contributed by atoms with van der Waals surface area (Å²) in [7, 11) is -3.75. The molecule has 1 aromatic carbocycles. The first-order chi connectivity index (χ1) is 15.9. The van der Waals surface area contributed by atoms with Crippen LogP contribution < -0.4 is 9.04 Å². The lowest BCUT2D eigenvalue weighted by atomic mass is 9.95. The summed E-state index contributed by atoms with van der Waals surface area (Å²) < 4.78 is 43.0. The highest BCUT2D eigenvalue weighted by molar-refractivity contribution is 7.92. The van der Waals surface area contributed by atoms with Crippen molar-refractivity contribution in [3.05, 3.63) is 35.5 Å². The molecule has 1 saturated heterocycles. The van der Waals surface area contributed by atoms with Crippen molar-refractivity contribution in [3.63, 3.8) is 0 Å². The maximum Gasteiger partial charge on any atom is 0.265 e. The summed E-state index contributed by atoms with van der Waals surface area (Å²) in [6, 6.07) is 7.10. The summed E-state index contributed by atoms with van der Waals surface area (Å²) in [5.74, 6) is 1.90. The van der Waals surface area contributed by atoms with Crippen LogP contribution in [-0.2, 0) is 21.3 Å². The van der Waals surface area contributed by atoms with Gasteiger partial charge in [0, 0.05) is 31.9 Å². The molecule has 33 heavy (non-hydrogen) atoms. The average Bonchev–Trinajstić information content (AvgIpc) is 3.19. The Morgan fingerprint density at radius 3 is 2.48 bits per heavy atom. The molecule has 0 amide bonds. The number of nitrogens with zero attached hydrogens (tertiary/aromatic N) is 3. The third kappa shape index (κ3) is 5.38. The molecule has 0 spiro atoms. The van der Waals surface area contributed by atoms with Gasteiger partial charge in [0.1, 0.15) is 11.6 Å². The monoisotopic (exact) mass is 475 g/mol. The van der Waals surface area contributed by atoms with Crippen LogP contribution in [0, 0.1) is 19.8 Å². The van der Waals surface area contributed by atoms with Gasteiger partial charge in [-0.05, 0) is 76.1 Å². The second-order valence-electron chi connectivity index (χ2n) is 9.35. The maximum absolute atomic E-state index is 14.0. The highest BCUT2D eigenvalue weighted by Gasteiger charge is 2.35. The standard InChI is InChI=1S/C25H37N3O4S/c1-4-27-25(17-20(3)26-27)28(22-8-6-5-7-9-22)33(29,30)23-10-11-24(19(2)16-23)32-18-21-12-14-31-15-13-21/h10-11,16-17,21-22H,4-9,12-15,18H2,1-3H3. The van der Waals surface area contributed by atoms with E-state index in [0.717, 1.165) is 75.2 Å². The van der Waals surface area contributed by atoms with E-state index in [1.807, 2.05) is 32.9 Å². The second-order valence-corrected chi connectivity index (χ2v) is 11.2. The van der Waals surface area contributed by atoms with Crippen molar-refractivity contribution in [1.82, 2.24) is 9.78 Å². The SMILES string of the molecule is CCn1nc(C)cc1N(C1CCCCC1)S(=O)(=O)c1ccc(OCC2CCOCC2)c(C)c1. The fourth-order valence-electron chi connectivity index (χ4n) is 4.94. The molecule has 1 aliphatic carbocycles. The number of hydrogen-bond donors (Lipinski definition) is 0. The molecule has 0 bridgehead atoms. The molecular formula is C25H37N3O4S. The number of aryl methyl sites for hydroxylation is 3. The highest BCUT2D eigenvalue weighted by Crippen LogP contribution is 2.34. The van der Waals surface area contributed by atoms with Crippen LogP contribution in [0.4, 0.5) is 5.82 Å². The van der Waals surface area contributed by atoms with Gasteiger partial charge in [-0.25, -0.2) is 17.4 Å². The Hall–Kier alpha value is -2.06. The molecule has 1 aliphatic heterocycles. The molecule has 2 aliphatic rings. The fraction of sp³-hybridized carbons (Fsp3) is 0.640. The second kappa shape index (κ2) is 10.5. The Kier molecular flexibility index (Phi) is 7.64. The lowest BCUT2D eigenvalue weighted by Crippen LogP contribution is -2.42. The van der Waals surface area contributed by atoms with Gasteiger partial charge in [0.25, 0.3) is 10.0 Å². The molecular weight excluding hydrogens is 438 g/mol. The van der Waals surface area contributed by atoms with Crippen molar-refractivity contribution < 1.29 is 17.9 Å². The Bertz CT molecular complexity index is 1040. The Labute approximate surface area is 198 Å². The van der Waals surface area contributed by atoms with Gasteiger partial charge in [-0.15, -0.1) is 0 Å². The van der Waals surface area contributed by atoms with Crippen molar-refractivity contribution in [2.75, 3.05) is 24.1 Å². The summed E-state index contributed by atoms with van der Waals surface area (Å²) in [4.78, 5) is 0.311. The van der Waals surface area contributed by atoms with E-state index in [4.69, 9.17) is 9.47 Å². The van der Waals surface area contributed by atoms with Gasteiger partial charge in [-0.3, -0.25) is 0 Å². The third-order valence-corrected chi connectivity index (χ3v) is 8.68. The van der Waals surface area contributed by atoms with Gasteiger partial charge in [-0.2, -0.15) is 5.10 Å². The Morgan fingerprint density at radius 1 is 1.09 bits per heavy atom. The number of benzene rings is 1. The van der Waals surface area contributed by atoms with Crippen LogP contribution in [0.1, 0.15) is 63.1 Å². The summed E-state index contributed by atoms with van der Waals surface area (Å²) in [5.41, 5.74) is 1.67. The first-order valence-electron chi connectivity index (χ1n) is 12.3. The van der Waals surface area contributed by atoms with E-state index in [0.29, 0.717) is 29.8 Å². The number of sulfonamides is 1. The van der Waals surface area contributed by atoms with Gasteiger partial charge in [0.15, 0.2) is 0 Å². The van der Waals surface area contributed by atoms with Crippen molar-refractivity contribution in [3.8, 4) is 5.75 Å². The van der Waals surface area contributed by atoms with Crippen molar-refractivity contribution in [2.24, 2.45) is 5.92 Å². The predicted molar refractivity (Wildman–Crippen MR) is 129 cm³/mol. The summed E-state index contributed by atoms with van der Waals surface area (Å²) in [6.07, 6.45) is 7.02. The van der Waals surface area contributed by atoms with Crippen molar-refractivity contribution in [1.29, 1.82) is 0 Å². The van der Waals surface area contributed by atoms with E-state index < -0.39 is 10.0 Å². The summed E-state index contributed by atoms with van der Waals surface area (Å²) >= 11 is 0. The normalized spacial score (nSPS) is 18.4. The molecule has 0 unspecified atom stereocenters. The molecule has 2 aromatic rings. The molecule has 0 radical (unpaired) electrons. The summed E-state index contributed by atoms with van der Waals surface area (Å²) in [6.45, 7) is 8.67. The van der Waals surface area contributed by atoms with E-state index >= 15 is 0 Å². The topological polar surface area (TPSA) is 73.7 Å². The Morgan fingerprint density at radius 2 is 1.82 bits per heavy atom. The van der Waals surface area contributed by atoms with Crippen LogP contribution in [0.2, 0.25) is 0 Å². The minimum absolute atomic E-state index is 0.0464. The number of ether oxygens (including phenoxy) is 2. The van der Waals surface area contributed by atoms with Gasteiger partial charge >= 0.3 is 0 Å². The van der Waals surface area contributed by atoms with E-state index in [2.05, 4.69) is 5.10 Å². The maximum atomic E-state index is 14.0. The van der Waals surface area contributed by atoms with Crippen LogP contribution >= 0.6 is 0 Å². The first kappa shape index (κ1) is 24.1. The molecule has 8 heteroatoms. The van der Waals surface area contributed by atoms with Gasteiger partial charge in [0.05, 0.1) is 17.2 Å². The number of aromatic nitrogens is 2. The zero-order valence-electron chi connectivity index (χ0n) is 20.1. The van der Waals surface area contributed by atoms with Crippen LogP contribution in [0.15, 0.2) is 29.2 Å². The van der Waals surface area contributed by atoms with E-state index in [1.165, 1.54) is 0 Å². The molecule has 7 nitrogen and oxygen atoms in total. The van der Waals surface area contributed by atoms with E-state index in [9.17, 15) is 8.42 Å². The van der Waals surface area contributed by atoms with E-state index in [-0.39, 0.29) is 6.04 Å². The van der Waals surface area contributed by atoms with Crippen LogP contribution in [0.5, 0.6) is 5.75 Å². The van der Waals surface area contributed by atoms with Crippen LogP contribution in [-0.4, -0.2) is 44.1 Å². The smallest absolute Gasteiger partial charge is 0.265 e. The molecule has 2 heterocycles. The van der Waals surface area contributed by atoms with Gasteiger partial charge in [0.2, 0.25) is 0 Å². The zero-order valence-corrected chi connectivity index (χ0v) is 20.9. The zero-order chi connectivity index (χ0) is 23.4. The summed E-state index contributed by atoms with van der Waals surface area (Å²) in [5, 5.41) is 4.53. The number of rotatable bonds is 8. The van der Waals surface area contributed by atoms with Crippen molar-refractivity contribution in [2.45, 2.75) is 83.2 Å². The largest absolute Gasteiger partial charge is 0.493 e. The van der Waals surface area contributed by atoms with Crippen molar-refractivity contribution >= 4 is 15.8 Å². The number of anilines is 1. The van der Waals surface area contributed by atoms with Crippen LogP contribution in [0.3, 0.4) is 0 Å². The molecule has 182 valence electrons. The molecule has 0 atom stereocenters.